The summed E-state index contributed by atoms with van der Waals surface area (Å²) < 4.78 is 21.9. The average Bonchev–Trinajstić information content (AvgIpc) is 2.94. The third kappa shape index (κ3) is 2.76. The summed E-state index contributed by atoms with van der Waals surface area (Å²) in [5.41, 5.74) is 1.00. The van der Waals surface area contributed by atoms with Gasteiger partial charge < -0.3 is 0 Å². The van der Waals surface area contributed by atoms with Gasteiger partial charge in [-0.25, -0.2) is 13.4 Å². The van der Waals surface area contributed by atoms with Crippen molar-refractivity contribution >= 4 is 21.2 Å². The average molecular weight is 241 g/mol. The maximum Gasteiger partial charge on any atom is 0.239 e. The molecular formula is C10H15N3O2S. The molecule has 2 rings (SSSR count). The van der Waals surface area contributed by atoms with Gasteiger partial charge in [-0.2, -0.15) is 0 Å². The van der Waals surface area contributed by atoms with E-state index in [1.807, 2.05) is 6.08 Å². The van der Waals surface area contributed by atoms with Crippen molar-refractivity contribution in [2.45, 2.75) is 18.9 Å². The van der Waals surface area contributed by atoms with Crippen LogP contribution in [-0.4, -0.2) is 50.1 Å². The zero-order valence-corrected chi connectivity index (χ0v) is 10.00. The van der Waals surface area contributed by atoms with Crippen LogP contribution in [0.15, 0.2) is 16.6 Å². The number of hydrogen-bond donors (Lipinski definition) is 1. The Hall–Kier alpha value is -1.01. The van der Waals surface area contributed by atoms with Crippen molar-refractivity contribution in [3.05, 3.63) is 11.6 Å². The van der Waals surface area contributed by atoms with Crippen molar-refractivity contribution in [3.8, 4) is 0 Å². The van der Waals surface area contributed by atoms with Gasteiger partial charge in [0.15, 0.2) is 0 Å². The molecule has 88 valence electrons. The maximum atomic E-state index is 11.0. The quantitative estimate of drug-likeness (QED) is 0.563. The Kier molecular flexibility index (Phi) is 2.94. The van der Waals surface area contributed by atoms with Crippen LogP contribution in [-0.2, 0) is 9.84 Å². The van der Waals surface area contributed by atoms with Crippen LogP contribution >= 0.6 is 0 Å². The molecular weight excluding hydrogens is 226 g/mol. The minimum Gasteiger partial charge on any atom is -0.292 e. The van der Waals surface area contributed by atoms with E-state index in [1.54, 1.807) is 0 Å². The highest BCUT2D eigenvalue weighted by molar-refractivity contribution is 8.05. The molecule has 0 amide bonds. The van der Waals surface area contributed by atoms with Crippen LogP contribution in [0.4, 0.5) is 0 Å². The Morgan fingerprint density at radius 2 is 2.31 bits per heavy atom. The van der Waals surface area contributed by atoms with Gasteiger partial charge in [-0.3, -0.25) is 10.3 Å². The van der Waals surface area contributed by atoms with Gasteiger partial charge in [-0.15, -0.1) is 0 Å². The molecule has 0 spiro atoms. The third-order valence-electron chi connectivity index (χ3n) is 2.74. The van der Waals surface area contributed by atoms with Gasteiger partial charge >= 0.3 is 0 Å². The zero-order chi connectivity index (χ0) is 11.8. The molecule has 2 aliphatic rings. The van der Waals surface area contributed by atoms with E-state index in [2.05, 4.69) is 9.89 Å². The number of sulfone groups is 1. The SMILES string of the molecule is CS(=O)(=O)C(=N)/N=C\C1=CCN(C2CC2)C1. The fourth-order valence-electron chi connectivity index (χ4n) is 1.65. The Balaban J connectivity index is 1.91. The summed E-state index contributed by atoms with van der Waals surface area (Å²) >= 11 is 0. The highest BCUT2D eigenvalue weighted by Crippen LogP contribution is 2.29. The monoisotopic (exact) mass is 241 g/mol. The first-order valence-corrected chi connectivity index (χ1v) is 7.12. The highest BCUT2D eigenvalue weighted by Gasteiger charge is 2.30. The van der Waals surface area contributed by atoms with E-state index in [0.29, 0.717) is 6.04 Å². The molecule has 0 unspecified atom stereocenters. The Labute approximate surface area is 95.3 Å². The fourth-order valence-corrected chi connectivity index (χ4v) is 1.89. The van der Waals surface area contributed by atoms with Crippen LogP contribution in [0.3, 0.4) is 0 Å². The number of aliphatic imine (C=N–C) groups is 1. The van der Waals surface area contributed by atoms with E-state index < -0.39 is 15.0 Å². The van der Waals surface area contributed by atoms with Crippen LogP contribution in [0, 0.1) is 5.41 Å². The minimum atomic E-state index is -3.47. The summed E-state index contributed by atoms with van der Waals surface area (Å²) in [5.74, 6) is 0. The number of amidine groups is 1. The molecule has 0 bridgehead atoms. The molecule has 1 saturated carbocycles. The number of hydrogen-bond acceptors (Lipinski definition) is 4. The van der Waals surface area contributed by atoms with E-state index in [0.717, 1.165) is 24.9 Å². The summed E-state index contributed by atoms with van der Waals surface area (Å²) in [6.07, 6.45) is 7.05. The molecule has 5 nitrogen and oxygen atoms in total. The first-order chi connectivity index (χ1) is 7.47. The molecule has 1 fully saturated rings. The van der Waals surface area contributed by atoms with Crippen molar-refractivity contribution in [1.82, 2.24) is 4.90 Å². The van der Waals surface area contributed by atoms with Crippen LogP contribution in [0.5, 0.6) is 0 Å². The van der Waals surface area contributed by atoms with Gasteiger partial charge in [0.2, 0.25) is 15.0 Å². The summed E-state index contributed by atoms with van der Waals surface area (Å²) in [6, 6.07) is 0.705. The van der Waals surface area contributed by atoms with Gasteiger partial charge in [0.05, 0.1) is 0 Å². The van der Waals surface area contributed by atoms with Gasteiger partial charge in [-0.05, 0) is 18.4 Å². The highest BCUT2D eigenvalue weighted by atomic mass is 32.2. The summed E-state index contributed by atoms with van der Waals surface area (Å²) in [7, 11) is -3.47. The largest absolute Gasteiger partial charge is 0.292 e. The van der Waals surface area contributed by atoms with E-state index in [9.17, 15) is 8.42 Å². The first-order valence-electron chi connectivity index (χ1n) is 5.22. The lowest BCUT2D eigenvalue weighted by atomic mass is 10.3. The molecule has 0 atom stereocenters. The standard InChI is InChI=1S/C10H15N3O2S/c1-16(14,15)10(11)12-6-8-4-5-13(7-8)9-2-3-9/h4,6,9,11H,2-3,5,7H2,1H3/b11-10?,12-6-. The molecule has 0 radical (unpaired) electrons. The van der Waals surface area contributed by atoms with Gasteiger partial charge in [0.1, 0.15) is 0 Å². The molecule has 1 aliphatic heterocycles. The van der Waals surface area contributed by atoms with Gasteiger partial charge in [0, 0.05) is 31.6 Å². The molecule has 1 aliphatic carbocycles. The lowest BCUT2D eigenvalue weighted by Gasteiger charge is -2.12. The van der Waals surface area contributed by atoms with E-state index in [-0.39, 0.29) is 0 Å². The predicted octanol–water partition coefficient (Wildman–Crippen LogP) is 0.441. The molecule has 0 aromatic carbocycles. The lowest BCUT2D eigenvalue weighted by molar-refractivity contribution is 0.340. The van der Waals surface area contributed by atoms with E-state index in [1.165, 1.54) is 19.1 Å². The number of rotatable bonds is 2. The lowest BCUT2D eigenvalue weighted by Crippen LogP contribution is -2.23. The van der Waals surface area contributed by atoms with E-state index in [4.69, 9.17) is 5.41 Å². The fraction of sp³-hybridized carbons (Fsp3) is 0.600. The van der Waals surface area contributed by atoms with Crippen molar-refractivity contribution in [1.29, 1.82) is 5.41 Å². The second kappa shape index (κ2) is 4.10. The molecule has 6 heteroatoms. The van der Waals surface area contributed by atoms with Gasteiger partial charge in [-0.1, -0.05) is 6.08 Å². The van der Waals surface area contributed by atoms with Crippen molar-refractivity contribution in [3.63, 3.8) is 0 Å². The minimum absolute atomic E-state index is 0.571. The van der Waals surface area contributed by atoms with E-state index >= 15 is 0 Å². The molecule has 0 aromatic heterocycles. The predicted molar refractivity (Wildman–Crippen MR) is 63.7 cm³/mol. The molecule has 1 heterocycles. The molecule has 0 saturated heterocycles. The Bertz CT molecular complexity index is 460. The third-order valence-corrected chi connectivity index (χ3v) is 3.54. The normalized spacial score (nSPS) is 22.7. The van der Waals surface area contributed by atoms with Crippen LogP contribution in [0.1, 0.15) is 12.8 Å². The molecule has 0 aromatic rings. The maximum absolute atomic E-state index is 11.0. The summed E-state index contributed by atoms with van der Waals surface area (Å²) in [4.78, 5) is 6.01. The van der Waals surface area contributed by atoms with Crippen molar-refractivity contribution in [2.75, 3.05) is 19.3 Å². The first kappa shape index (κ1) is 11.5. The summed E-state index contributed by atoms with van der Waals surface area (Å²) in [6.45, 7) is 1.74. The molecule has 16 heavy (non-hydrogen) atoms. The Morgan fingerprint density at radius 3 is 2.88 bits per heavy atom. The van der Waals surface area contributed by atoms with Crippen LogP contribution in [0.2, 0.25) is 0 Å². The van der Waals surface area contributed by atoms with Crippen LogP contribution in [0.25, 0.3) is 0 Å². The smallest absolute Gasteiger partial charge is 0.239 e. The van der Waals surface area contributed by atoms with Crippen LogP contribution < -0.4 is 0 Å². The summed E-state index contributed by atoms with van der Waals surface area (Å²) in [5, 5.41) is 6.65. The van der Waals surface area contributed by atoms with Gasteiger partial charge in [0.25, 0.3) is 0 Å². The number of nitrogens with zero attached hydrogens (tertiary/aromatic N) is 2. The zero-order valence-electron chi connectivity index (χ0n) is 9.18. The van der Waals surface area contributed by atoms with Crippen molar-refractivity contribution < 1.29 is 8.42 Å². The Morgan fingerprint density at radius 1 is 1.62 bits per heavy atom. The second-order valence-electron chi connectivity index (χ2n) is 4.28. The second-order valence-corrected chi connectivity index (χ2v) is 6.21. The molecule has 1 N–H and O–H groups in total. The van der Waals surface area contributed by atoms with Crippen molar-refractivity contribution in [2.24, 2.45) is 4.99 Å². The topological polar surface area (TPSA) is 73.6 Å². The number of nitrogens with one attached hydrogen (secondary N) is 1.